The van der Waals surface area contributed by atoms with Gasteiger partial charge in [0.05, 0.1) is 6.10 Å². The molecule has 2 heterocycles. The van der Waals surface area contributed by atoms with Crippen molar-refractivity contribution >= 4 is 17.3 Å². The average molecular weight is 419 g/mol. The number of nitrogens with zero attached hydrogens (tertiary/aromatic N) is 4. The monoisotopic (exact) mass is 418 g/mol. The molecule has 1 aliphatic rings. The Morgan fingerprint density at radius 3 is 2.79 bits per heavy atom. The van der Waals surface area contributed by atoms with Gasteiger partial charge in [0.2, 0.25) is 0 Å². The van der Waals surface area contributed by atoms with Crippen LogP contribution in [0, 0.1) is 6.92 Å². The molecule has 0 radical (unpaired) electrons. The summed E-state index contributed by atoms with van der Waals surface area (Å²) < 4.78 is 8.00. The quantitative estimate of drug-likeness (QED) is 0.352. The molecule has 2 N–H and O–H groups in total. The van der Waals surface area contributed by atoms with Crippen LogP contribution < -0.4 is 10.6 Å². The molecule has 7 nitrogen and oxygen atoms in total. The lowest BCUT2D eigenvalue weighted by Gasteiger charge is -2.22. The minimum Gasteiger partial charge on any atom is -0.378 e. The molecule has 8 heteroatoms. The molecule has 1 fully saturated rings. The van der Waals surface area contributed by atoms with Crippen LogP contribution in [0.5, 0.6) is 0 Å². The topological polar surface area (TPSA) is 76.4 Å². The zero-order chi connectivity index (χ0) is 20.3. The van der Waals surface area contributed by atoms with Gasteiger partial charge < -0.3 is 19.9 Å². The van der Waals surface area contributed by atoms with Crippen molar-refractivity contribution in [2.75, 3.05) is 19.7 Å². The molecule has 0 aliphatic heterocycles. The summed E-state index contributed by atoms with van der Waals surface area (Å²) in [6.07, 6.45) is 8.88. The second-order valence-corrected chi connectivity index (χ2v) is 8.59. The number of aryl methyl sites for hydroxylation is 1. The molecule has 3 rings (SSSR count). The fourth-order valence-electron chi connectivity index (χ4n) is 3.43. The number of aliphatic imine (C=N–C) groups is 1. The number of ether oxygens (including phenoxy) is 1. The number of thiophene rings is 1. The van der Waals surface area contributed by atoms with Gasteiger partial charge in [-0.1, -0.05) is 25.3 Å². The molecule has 0 atom stereocenters. The third kappa shape index (κ3) is 7.44. The highest BCUT2D eigenvalue weighted by Gasteiger charge is 2.13. The molecule has 0 bridgehead atoms. The summed E-state index contributed by atoms with van der Waals surface area (Å²) >= 11 is 1.79. The number of nitrogens with one attached hydrogen (secondary N) is 2. The smallest absolute Gasteiger partial charge is 0.191 e. The van der Waals surface area contributed by atoms with Crippen molar-refractivity contribution in [1.29, 1.82) is 0 Å². The minimum absolute atomic E-state index is 0.472. The van der Waals surface area contributed by atoms with Gasteiger partial charge in [-0.15, -0.1) is 21.5 Å². The predicted molar refractivity (Wildman–Crippen MR) is 118 cm³/mol. The fourth-order valence-corrected chi connectivity index (χ4v) is 4.14. The zero-order valence-electron chi connectivity index (χ0n) is 17.7. The molecule has 2 aromatic rings. The standard InChI is InChI=1S/C21H34N6OS/c1-17-25-26-20(27(17)2)16-24-21(23-13-11-19-10-6-15-29-19)22-12-7-14-28-18-8-4-3-5-9-18/h6,10,15,18H,3-5,7-9,11-14,16H2,1-2H3,(H2,22,23,24). The Hall–Kier alpha value is -1.93. The van der Waals surface area contributed by atoms with E-state index >= 15 is 0 Å². The van der Waals surface area contributed by atoms with Crippen molar-refractivity contribution in [3.63, 3.8) is 0 Å². The highest BCUT2D eigenvalue weighted by atomic mass is 32.1. The molecule has 1 aliphatic carbocycles. The number of hydrogen-bond acceptors (Lipinski definition) is 5. The van der Waals surface area contributed by atoms with Crippen LogP contribution in [-0.2, 0) is 24.8 Å². The van der Waals surface area contributed by atoms with Crippen LogP contribution in [0.4, 0.5) is 0 Å². The van der Waals surface area contributed by atoms with Gasteiger partial charge in [-0.05, 0) is 44.1 Å². The van der Waals surface area contributed by atoms with Crippen molar-refractivity contribution in [2.24, 2.45) is 12.0 Å². The van der Waals surface area contributed by atoms with E-state index in [2.05, 4.69) is 38.3 Å². The maximum absolute atomic E-state index is 6.02. The Labute approximate surface area is 178 Å². The summed E-state index contributed by atoms with van der Waals surface area (Å²) in [6, 6.07) is 4.26. The van der Waals surface area contributed by atoms with Crippen LogP contribution in [0.1, 0.15) is 55.1 Å². The van der Waals surface area contributed by atoms with Crippen LogP contribution in [-0.4, -0.2) is 46.5 Å². The summed E-state index contributed by atoms with van der Waals surface area (Å²) in [5.74, 6) is 2.58. The molecule has 29 heavy (non-hydrogen) atoms. The highest BCUT2D eigenvalue weighted by Crippen LogP contribution is 2.20. The highest BCUT2D eigenvalue weighted by molar-refractivity contribution is 7.09. The fraction of sp³-hybridized carbons (Fsp3) is 0.667. The third-order valence-electron chi connectivity index (χ3n) is 5.32. The van der Waals surface area contributed by atoms with Crippen molar-refractivity contribution in [3.05, 3.63) is 34.0 Å². The molecule has 0 unspecified atom stereocenters. The number of aromatic nitrogens is 3. The first kappa shape index (κ1) is 21.8. The Bertz CT molecular complexity index is 736. The van der Waals surface area contributed by atoms with Crippen LogP contribution in [0.3, 0.4) is 0 Å². The van der Waals surface area contributed by atoms with Crippen LogP contribution in [0.15, 0.2) is 22.5 Å². The number of rotatable bonds is 10. The van der Waals surface area contributed by atoms with E-state index in [-0.39, 0.29) is 0 Å². The summed E-state index contributed by atoms with van der Waals surface area (Å²) in [7, 11) is 1.97. The van der Waals surface area contributed by atoms with E-state index in [0.717, 1.165) is 50.1 Å². The SMILES string of the molecule is Cc1nnc(CN=C(NCCCOC2CCCCC2)NCCc2cccs2)n1C. The van der Waals surface area contributed by atoms with E-state index in [9.17, 15) is 0 Å². The van der Waals surface area contributed by atoms with E-state index in [0.29, 0.717) is 12.6 Å². The zero-order valence-corrected chi connectivity index (χ0v) is 18.5. The van der Waals surface area contributed by atoms with Crippen molar-refractivity contribution in [3.8, 4) is 0 Å². The summed E-state index contributed by atoms with van der Waals surface area (Å²) in [5.41, 5.74) is 0. The van der Waals surface area contributed by atoms with Gasteiger partial charge in [0.15, 0.2) is 11.8 Å². The van der Waals surface area contributed by atoms with Gasteiger partial charge in [-0.3, -0.25) is 0 Å². The second-order valence-electron chi connectivity index (χ2n) is 7.55. The number of guanidine groups is 1. The third-order valence-corrected chi connectivity index (χ3v) is 6.26. The second kappa shape index (κ2) is 11.9. The molecule has 0 aromatic carbocycles. The van der Waals surface area contributed by atoms with Gasteiger partial charge in [0.1, 0.15) is 12.4 Å². The molecule has 2 aromatic heterocycles. The Morgan fingerprint density at radius 1 is 1.24 bits per heavy atom. The Balaban J connectivity index is 1.43. The van der Waals surface area contributed by atoms with Crippen LogP contribution in [0.25, 0.3) is 0 Å². The molecular formula is C21H34N6OS. The molecule has 0 saturated heterocycles. The first-order valence-corrected chi connectivity index (χ1v) is 11.6. The number of hydrogen-bond donors (Lipinski definition) is 2. The molecule has 160 valence electrons. The first-order valence-electron chi connectivity index (χ1n) is 10.7. The maximum Gasteiger partial charge on any atom is 0.191 e. The maximum atomic E-state index is 6.02. The summed E-state index contributed by atoms with van der Waals surface area (Å²) in [6.45, 7) is 4.95. The Kier molecular flexibility index (Phi) is 8.95. The lowest BCUT2D eigenvalue weighted by Crippen LogP contribution is -2.39. The van der Waals surface area contributed by atoms with Gasteiger partial charge in [0.25, 0.3) is 0 Å². The average Bonchev–Trinajstić information content (AvgIpc) is 3.37. The normalized spacial score (nSPS) is 15.6. The van der Waals surface area contributed by atoms with Crippen LogP contribution in [0.2, 0.25) is 0 Å². The van der Waals surface area contributed by atoms with Crippen molar-refractivity contribution in [2.45, 2.75) is 64.5 Å². The minimum atomic E-state index is 0.472. The molecule has 1 saturated carbocycles. The van der Waals surface area contributed by atoms with Gasteiger partial charge in [-0.2, -0.15) is 0 Å². The predicted octanol–water partition coefficient (Wildman–Crippen LogP) is 3.20. The van der Waals surface area contributed by atoms with Gasteiger partial charge >= 0.3 is 0 Å². The van der Waals surface area contributed by atoms with Gasteiger partial charge in [0, 0.05) is 31.6 Å². The van der Waals surface area contributed by atoms with Crippen LogP contribution >= 0.6 is 11.3 Å². The molecule has 0 amide bonds. The van der Waals surface area contributed by atoms with Crippen molar-refractivity contribution in [1.82, 2.24) is 25.4 Å². The van der Waals surface area contributed by atoms with E-state index < -0.39 is 0 Å². The molecule has 0 spiro atoms. The van der Waals surface area contributed by atoms with E-state index in [4.69, 9.17) is 9.73 Å². The Morgan fingerprint density at radius 2 is 2.07 bits per heavy atom. The van der Waals surface area contributed by atoms with E-state index in [1.807, 2.05) is 18.5 Å². The van der Waals surface area contributed by atoms with Gasteiger partial charge in [-0.25, -0.2) is 4.99 Å². The summed E-state index contributed by atoms with van der Waals surface area (Å²) in [4.78, 5) is 6.08. The largest absolute Gasteiger partial charge is 0.378 e. The lowest BCUT2D eigenvalue weighted by atomic mass is 9.98. The molecular weight excluding hydrogens is 384 g/mol. The van der Waals surface area contributed by atoms with E-state index in [1.54, 1.807) is 11.3 Å². The lowest BCUT2D eigenvalue weighted by molar-refractivity contribution is 0.0277. The summed E-state index contributed by atoms with van der Waals surface area (Å²) in [5, 5.41) is 17.3. The van der Waals surface area contributed by atoms with Crippen molar-refractivity contribution < 1.29 is 4.74 Å². The van der Waals surface area contributed by atoms with E-state index in [1.165, 1.54) is 37.0 Å². The first-order chi connectivity index (χ1) is 14.2.